The molecule has 0 bridgehead atoms. The number of nitro groups is 1. The number of hydrogen-bond donors (Lipinski definition) is 0. The van der Waals surface area contributed by atoms with Gasteiger partial charge < -0.3 is 4.90 Å². The third kappa shape index (κ3) is 3.52. The van der Waals surface area contributed by atoms with Crippen LogP contribution in [-0.4, -0.2) is 29.4 Å². The molecule has 3 heterocycles. The number of pyridine rings is 1. The van der Waals surface area contributed by atoms with E-state index in [9.17, 15) is 10.1 Å². The summed E-state index contributed by atoms with van der Waals surface area (Å²) in [7, 11) is 0. The Morgan fingerprint density at radius 3 is 2.44 bits per heavy atom. The summed E-state index contributed by atoms with van der Waals surface area (Å²) in [6.07, 6.45) is 4.50. The molecule has 2 aromatic carbocycles. The maximum Gasteiger partial charge on any atom is 0.354 e. The number of aromatic nitrogens is 5. The Balaban J connectivity index is 1.71. The predicted molar refractivity (Wildman–Crippen MR) is 120 cm³/mol. The van der Waals surface area contributed by atoms with Crippen LogP contribution in [0.2, 0.25) is 0 Å². The lowest BCUT2D eigenvalue weighted by Crippen LogP contribution is -2.21. The molecule has 0 aliphatic heterocycles. The standard InChI is InChI=1S/C23H17N7O2/c31-30(32)21-22(25-15-26-23(21)29-16-27-18-10-4-5-11-19(18)29)28(20-12-6-7-13-24-20)14-17-8-2-1-3-9-17/h1-13,15-16H,14H2. The number of hydrogen-bond acceptors (Lipinski definition) is 7. The fourth-order valence-corrected chi connectivity index (χ4v) is 3.57. The highest BCUT2D eigenvalue weighted by molar-refractivity contribution is 5.80. The van der Waals surface area contributed by atoms with Gasteiger partial charge in [-0.1, -0.05) is 48.5 Å². The van der Waals surface area contributed by atoms with Crippen molar-refractivity contribution in [1.29, 1.82) is 0 Å². The second kappa shape index (κ2) is 8.23. The molecule has 156 valence electrons. The highest BCUT2D eigenvalue weighted by atomic mass is 16.6. The molecule has 0 atom stereocenters. The second-order valence-electron chi connectivity index (χ2n) is 6.99. The molecular formula is C23H17N7O2. The molecule has 5 aromatic rings. The number of para-hydroxylation sites is 2. The Morgan fingerprint density at radius 2 is 1.66 bits per heavy atom. The van der Waals surface area contributed by atoms with Gasteiger partial charge in [0.2, 0.25) is 11.6 Å². The van der Waals surface area contributed by atoms with Gasteiger partial charge in [0.1, 0.15) is 18.5 Å². The second-order valence-corrected chi connectivity index (χ2v) is 6.99. The number of imidazole rings is 1. The topological polar surface area (TPSA) is 103 Å². The first kappa shape index (κ1) is 19.3. The lowest BCUT2D eigenvalue weighted by Gasteiger charge is -2.23. The monoisotopic (exact) mass is 423 g/mol. The Kier molecular flexibility index (Phi) is 4.97. The molecule has 9 nitrogen and oxygen atoms in total. The van der Waals surface area contributed by atoms with Crippen molar-refractivity contribution in [1.82, 2.24) is 24.5 Å². The number of fused-ring (bicyclic) bond motifs is 1. The molecule has 0 amide bonds. The molecular weight excluding hydrogens is 406 g/mol. The summed E-state index contributed by atoms with van der Waals surface area (Å²) in [5.41, 5.74) is 2.17. The fraction of sp³-hybridized carbons (Fsp3) is 0.0435. The number of anilines is 2. The van der Waals surface area contributed by atoms with Crippen LogP contribution in [0.25, 0.3) is 16.9 Å². The van der Waals surface area contributed by atoms with Gasteiger partial charge in [0.15, 0.2) is 0 Å². The maximum absolute atomic E-state index is 12.3. The van der Waals surface area contributed by atoms with Crippen molar-refractivity contribution in [2.75, 3.05) is 4.90 Å². The summed E-state index contributed by atoms with van der Waals surface area (Å²) in [4.78, 5) is 30.9. The molecule has 9 heteroatoms. The van der Waals surface area contributed by atoms with Gasteiger partial charge in [0, 0.05) is 6.20 Å². The van der Waals surface area contributed by atoms with Crippen LogP contribution in [0.1, 0.15) is 5.56 Å². The highest BCUT2D eigenvalue weighted by Gasteiger charge is 2.30. The van der Waals surface area contributed by atoms with Gasteiger partial charge in [-0.2, -0.15) is 0 Å². The van der Waals surface area contributed by atoms with Crippen LogP contribution in [0.15, 0.2) is 91.6 Å². The zero-order valence-electron chi connectivity index (χ0n) is 16.8. The molecule has 0 saturated carbocycles. The summed E-state index contributed by atoms with van der Waals surface area (Å²) in [5, 5.41) is 12.3. The van der Waals surface area contributed by atoms with Crippen molar-refractivity contribution in [3.8, 4) is 5.82 Å². The minimum absolute atomic E-state index is 0.141. The average Bonchev–Trinajstić information content (AvgIpc) is 3.27. The molecule has 0 radical (unpaired) electrons. The molecule has 0 spiro atoms. The Bertz CT molecular complexity index is 1390. The highest BCUT2D eigenvalue weighted by Crippen LogP contribution is 2.36. The van der Waals surface area contributed by atoms with Crippen molar-refractivity contribution in [3.05, 3.63) is 107 Å². The number of rotatable bonds is 6. The van der Waals surface area contributed by atoms with Crippen molar-refractivity contribution in [2.45, 2.75) is 6.54 Å². The van der Waals surface area contributed by atoms with Gasteiger partial charge in [-0.3, -0.25) is 14.7 Å². The smallest absolute Gasteiger partial charge is 0.301 e. The molecule has 0 unspecified atom stereocenters. The quantitative estimate of drug-likeness (QED) is 0.293. The lowest BCUT2D eigenvalue weighted by atomic mass is 10.2. The van der Waals surface area contributed by atoms with Crippen LogP contribution < -0.4 is 4.90 Å². The van der Waals surface area contributed by atoms with Crippen molar-refractivity contribution >= 4 is 28.4 Å². The number of benzene rings is 2. The van der Waals surface area contributed by atoms with E-state index < -0.39 is 4.92 Å². The minimum Gasteiger partial charge on any atom is -0.301 e. The predicted octanol–water partition coefficient (Wildman–Crippen LogP) is 4.46. The Hall–Kier alpha value is -4.66. The first-order valence-corrected chi connectivity index (χ1v) is 9.87. The Labute approximate surface area is 182 Å². The SMILES string of the molecule is O=[N+]([O-])c1c(N(Cc2ccccc2)c2ccccn2)ncnc1-n1cnc2ccccc21. The zero-order valence-corrected chi connectivity index (χ0v) is 16.8. The van der Waals surface area contributed by atoms with Gasteiger partial charge in [-0.05, 0) is 29.8 Å². The molecule has 0 fully saturated rings. The average molecular weight is 423 g/mol. The van der Waals surface area contributed by atoms with Gasteiger partial charge in [-0.25, -0.2) is 19.9 Å². The van der Waals surface area contributed by atoms with Crippen molar-refractivity contribution in [2.24, 2.45) is 0 Å². The molecule has 0 saturated heterocycles. The van der Waals surface area contributed by atoms with E-state index in [-0.39, 0.29) is 17.3 Å². The van der Waals surface area contributed by atoms with Crippen molar-refractivity contribution < 1.29 is 4.92 Å². The van der Waals surface area contributed by atoms with E-state index in [2.05, 4.69) is 19.9 Å². The molecule has 5 rings (SSSR count). The largest absolute Gasteiger partial charge is 0.354 e. The van der Waals surface area contributed by atoms with Crippen LogP contribution in [-0.2, 0) is 6.54 Å². The van der Waals surface area contributed by atoms with Crippen molar-refractivity contribution in [3.63, 3.8) is 0 Å². The van der Waals surface area contributed by atoms with Gasteiger partial charge in [0.05, 0.1) is 22.5 Å². The third-order valence-corrected chi connectivity index (χ3v) is 5.01. The van der Waals surface area contributed by atoms with Crippen LogP contribution in [0.3, 0.4) is 0 Å². The van der Waals surface area contributed by atoms with Gasteiger partial charge >= 0.3 is 5.69 Å². The van der Waals surface area contributed by atoms with E-state index in [1.54, 1.807) is 27.8 Å². The third-order valence-electron chi connectivity index (χ3n) is 5.01. The summed E-state index contributed by atoms with van der Waals surface area (Å²) < 4.78 is 1.61. The van der Waals surface area contributed by atoms with E-state index >= 15 is 0 Å². The van der Waals surface area contributed by atoms with E-state index in [1.807, 2.05) is 60.7 Å². The first-order valence-electron chi connectivity index (χ1n) is 9.87. The minimum atomic E-state index is -0.458. The first-order chi connectivity index (χ1) is 15.7. The van der Waals surface area contributed by atoms with Crippen LogP contribution in [0.5, 0.6) is 0 Å². The molecule has 0 N–H and O–H groups in total. The van der Waals surface area contributed by atoms with Gasteiger partial charge in [-0.15, -0.1) is 0 Å². The normalized spacial score (nSPS) is 10.9. The molecule has 0 aliphatic carbocycles. The van der Waals surface area contributed by atoms with Crippen LogP contribution >= 0.6 is 0 Å². The van der Waals surface area contributed by atoms with Crippen LogP contribution in [0.4, 0.5) is 17.3 Å². The number of nitrogens with zero attached hydrogens (tertiary/aromatic N) is 7. The summed E-state index contributed by atoms with van der Waals surface area (Å²) in [6.45, 7) is 0.347. The molecule has 3 aromatic heterocycles. The van der Waals surface area contributed by atoms with E-state index in [1.165, 1.54) is 12.7 Å². The summed E-state index contributed by atoms with van der Waals surface area (Å²) >= 11 is 0. The summed E-state index contributed by atoms with van der Waals surface area (Å²) in [5.74, 6) is 0.836. The van der Waals surface area contributed by atoms with Crippen LogP contribution in [0, 0.1) is 10.1 Å². The Morgan fingerprint density at radius 1 is 0.875 bits per heavy atom. The zero-order chi connectivity index (χ0) is 21.9. The lowest BCUT2D eigenvalue weighted by molar-refractivity contribution is -0.384. The van der Waals surface area contributed by atoms with E-state index in [0.29, 0.717) is 23.4 Å². The molecule has 0 aliphatic rings. The molecule has 32 heavy (non-hydrogen) atoms. The summed E-state index contributed by atoms with van der Waals surface area (Å²) in [6, 6.07) is 22.5. The van der Waals surface area contributed by atoms with E-state index in [4.69, 9.17) is 0 Å². The fourth-order valence-electron chi connectivity index (χ4n) is 3.57. The van der Waals surface area contributed by atoms with Gasteiger partial charge in [0.25, 0.3) is 0 Å². The maximum atomic E-state index is 12.3. The van der Waals surface area contributed by atoms with E-state index in [0.717, 1.165) is 5.56 Å².